The van der Waals surface area contributed by atoms with Crippen LogP contribution in [0.4, 0.5) is 14.9 Å². The molecule has 1 aliphatic heterocycles. The second-order valence-corrected chi connectivity index (χ2v) is 6.42. The smallest absolute Gasteiger partial charge is 0.414 e. The number of nitrogens with zero attached hydrogens (tertiary/aromatic N) is 5. The number of carbonyl (C=O) groups is 2. The van der Waals surface area contributed by atoms with Crippen LogP contribution in [0.5, 0.6) is 0 Å². The highest BCUT2D eigenvalue weighted by Gasteiger charge is 2.33. The highest BCUT2D eigenvalue weighted by molar-refractivity contribution is 5.90. The molecule has 1 aromatic carbocycles. The minimum Gasteiger partial charge on any atom is -0.461 e. The molecule has 0 spiro atoms. The number of anilines is 1. The molecule has 4 rings (SSSR count). The third-order valence-corrected chi connectivity index (χ3v) is 4.45. The predicted molar refractivity (Wildman–Crippen MR) is 102 cm³/mol. The van der Waals surface area contributed by atoms with E-state index in [9.17, 15) is 14.0 Å². The number of nitrogens with two attached hydrogens (primary N) is 1. The number of carbonyl (C=O) groups excluding carboxylic acids is 2. The van der Waals surface area contributed by atoms with E-state index in [0.717, 1.165) is 0 Å². The summed E-state index contributed by atoms with van der Waals surface area (Å²) in [5.41, 5.74) is 6.40. The molecule has 3 heterocycles. The number of cyclic esters (lactones) is 1. The van der Waals surface area contributed by atoms with E-state index in [2.05, 4.69) is 15.3 Å². The van der Waals surface area contributed by atoms with Crippen LogP contribution in [0.2, 0.25) is 0 Å². The van der Waals surface area contributed by atoms with Crippen molar-refractivity contribution in [3.05, 3.63) is 54.7 Å². The van der Waals surface area contributed by atoms with Gasteiger partial charge in [0, 0.05) is 17.3 Å². The molecule has 0 radical (unpaired) electrons. The first kappa shape index (κ1) is 19.5. The third kappa shape index (κ3) is 3.96. The number of halogens is 1. The van der Waals surface area contributed by atoms with Crippen LogP contribution >= 0.6 is 0 Å². The Bertz CT molecular complexity index is 1060. The average Bonchev–Trinajstić information content (AvgIpc) is 3.42. The molecule has 0 aliphatic carbocycles. The lowest BCUT2D eigenvalue weighted by molar-refractivity contribution is -0.144. The van der Waals surface area contributed by atoms with Crippen LogP contribution < -0.4 is 10.6 Å². The fourth-order valence-corrected chi connectivity index (χ4v) is 2.98. The van der Waals surface area contributed by atoms with Gasteiger partial charge in [0.1, 0.15) is 12.4 Å². The number of esters is 1. The molecular weight excluding hydrogens is 395 g/mol. The minimum atomic E-state index is -0.649. The van der Waals surface area contributed by atoms with Crippen molar-refractivity contribution in [2.24, 2.45) is 5.73 Å². The first-order chi connectivity index (χ1) is 14.5. The van der Waals surface area contributed by atoms with Crippen molar-refractivity contribution in [2.45, 2.75) is 6.10 Å². The van der Waals surface area contributed by atoms with Crippen molar-refractivity contribution < 1.29 is 23.5 Å². The largest absolute Gasteiger partial charge is 0.461 e. The van der Waals surface area contributed by atoms with Gasteiger partial charge in [-0.25, -0.2) is 18.9 Å². The van der Waals surface area contributed by atoms with E-state index in [1.165, 1.54) is 28.0 Å². The maximum Gasteiger partial charge on any atom is 0.414 e. The monoisotopic (exact) mass is 412 g/mol. The van der Waals surface area contributed by atoms with Gasteiger partial charge < -0.3 is 15.2 Å². The summed E-state index contributed by atoms with van der Waals surface area (Å²) in [5, 5.41) is 7.57. The molecule has 154 valence electrons. The second-order valence-electron chi connectivity index (χ2n) is 6.42. The first-order valence-electron chi connectivity index (χ1n) is 9.01. The quantitative estimate of drug-likeness (QED) is 0.601. The fraction of sp³-hybridized carbons (Fsp3) is 0.211. The van der Waals surface area contributed by atoms with Crippen molar-refractivity contribution in [2.75, 3.05) is 24.6 Å². The Morgan fingerprint density at radius 2 is 2.20 bits per heavy atom. The molecule has 1 aliphatic rings. The minimum absolute atomic E-state index is 0.109. The maximum atomic E-state index is 14.8. The molecule has 0 unspecified atom stereocenters. The van der Waals surface area contributed by atoms with Gasteiger partial charge in [-0.1, -0.05) is 5.21 Å². The molecule has 2 aromatic heterocycles. The number of ether oxygens (including phenoxy) is 2. The Morgan fingerprint density at radius 1 is 1.33 bits per heavy atom. The van der Waals surface area contributed by atoms with Gasteiger partial charge in [-0.15, -0.1) is 5.10 Å². The zero-order valence-electron chi connectivity index (χ0n) is 15.6. The molecule has 11 heteroatoms. The standard InChI is InChI=1S/C19H17FN6O4/c20-16-7-13(25-10-14(30-19(25)28)11-29-18(27)8-21)2-3-15(16)12-1-4-17(22-9-12)26-6-5-23-24-26/h1-7,9,14H,8,10-11,21H2/t14-/m1/s1. The zero-order valence-corrected chi connectivity index (χ0v) is 15.6. The number of aromatic nitrogens is 4. The highest BCUT2D eigenvalue weighted by Crippen LogP contribution is 2.29. The zero-order chi connectivity index (χ0) is 21.1. The Labute approximate surface area is 170 Å². The molecule has 2 N–H and O–H groups in total. The van der Waals surface area contributed by atoms with E-state index in [-0.39, 0.29) is 19.7 Å². The predicted octanol–water partition coefficient (Wildman–Crippen LogP) is 1.30. The van der Waals surface area contributed by atoms with Gasteiger partial charge in [-0.3, -0.25) is 9.69 Å². The SMILES string of the molecule is NCC(=O)OC[C@H]1CN(c2ccc(-c3ccc(-n4ccnn4)nc3)c(F)c2)C(=O)O1. The molecule has 1 saturated heterocycles. The number of amides is 1. The van der Waals surface area contributed by atoms with Crippen LogP contribution in [0.15, 0.2) is 48.9 Å². The summed E-state index contributed by atoms with van der Waals surface area (Å²) in [7, 11) is 0. The molecular formula is C19H17FN6O4. The van der Waals surface area contributed by atoms with Crippen LogP contribution in [0.3, 0.4) is 0 Å². The second kappa shape index (κ2) is 8.25. The van der Waals surface area contributed by atoms with Crippen LogP contribution in [-0.2, 0) is 14.3 Å². The van der Waals surface area contributed by atoms with E-state index < -0.39 is 24.0 Å². The number of pyridine rings is 1. The summed E-state index contributed by atoms with van der Waals surface area (Å²) < 4.78 is 26.3. The summed E-state index contributed by atoms with van der Waals surface area (Å²) >= 11 is 0. The summed E-state index contributed by atoms with van der Waals surface area (Å²) in [6.45, 7) is -0.238. The number of hydrogen-bond donors (Lipinski definition) is 1. The van der Waals surface area contributed by atoms with Gasteiger partial charge in [-0.05, 0) is 30.3 Å². The van der Waals surface area contributed by atoms with Gasteiger partial charge in [0.25, 0.3) is 0 Å². The maximum absolute atomic E-state index is 14.8. The number of rotatable bonds is 6. The molecule has 1 amide bonds. The van der Waals surface area contributed by atoms with E-state index >= 15 is 0 Å². The molecule has 0 saturated carbocycles. The van der Waals surface area contributed by atoms with E-state index in [1.54, 1.807) is 30.5 Å². The van der Waals surface area contributed by atoms with Crippen LogP contribution in [0.25, 0.3) is 16.9 Å². The third-order valence-electron chi connectivity index (χ3n) is 4.45. The number of benzene rings is 1. The van der Waals surface area contributed by atoms with Gasteiger partial charge >= 0.3 is 12.1 Å². The van der Waals surface area contributed by atoms with Crippen LogP contribution in [-0.4, -0.2) is 57.8 Å². The molecule has 1 atom stereocenters. The lowest BCUT2D eigenvalue weighted by atomic mass is 10.1. The van der Waals surface area contributed by atoms with Crippen LogP contribution in [0.1, 0.15) is 0 Å². The summed E-state index contributed by atoms with van der Waals surface area (Å²) in [6, 6.07) is 7.83. The van der Waals surface area contributed by atoms with Gasteiger partial charge in [0.05, 0.1) is 31.2 Å². The Balaban J connectivity index is 1.48. The van der Waals surface area contributed by atoms with Gasteiger partial charge in [0.15, 0.2) is 11.9 Å². The lowest BCUT2D eigenvalue weighted by Crippen LogP contribution is -2.28. The van der Waals surface area contributed by atoms with E-state index in [1.807, 2.05) is 0 Å². The average molecular weight is 412 g/mol. The van der Waals surface area contributed by atoms with E-state index in [0.29, 0.717) is 22.6 Å². The topological polar surface area (TPSA) is 125 Å². The Hall–Kier alpha value is -3.86. The Kier molecular flexibility index (Phi) is 5.35. The molecule has 30 heavy (non-hydrogen) atoms. The number of hydrogen-bond acceptors (Lipinski definition) is 8. The normalized spacial score (nSPS) is 15.9. The lowest BCUT2D eigenvalue weighted by Gasteiger charge is -2.14. The van der Waals surface area contributed by atoms with Crippen molar-refractivity contribution in [3.63, 3.8) is 0 Å². The van der Waals surface area contributed by atoms with Crippen molar-refractivity contribution in [3.8, 4) is 16.9 Å². The summed E-state index contributed by atoms with van der Waals surface area (Å²) in [5.74, 6) is -0.563. The molecule has 3 aromatic rings. The first-order valence-corrected chi connectivity index (χ1v) is 9.01. The summed E-state index contributed by atoms with van der Waals surface area (Å²) in [4.78, 5) is 28.8. The van der Waals surface area contributed by atoms with E-state index in [4.69, 9.17) is 15.2 Å². The molecule has 0 bridgehead atoms. The molecule has 10 nitrogen and oxygen atoms in total. The fourth-order valence-electron chi connectivity index (χ4n) is 2.98. The van der Waals surface area contributed by atoms with Crippen LogP contribution in [0, 0.1) is 5.82 Å². The van der Waals surface area contributed by atoms with Crippen molar-refractivity contribution >= 4 is 17.7 Å². The summed E-state index contributed by atoms with van der Waals surface area (Å²) in [6.07, 6.45) is 3.42. The van der Waals surface area contributed by atoms with Gasteiger partial charge in [0.2, 0.25) is 0 Å². The Morgan fingerprint density at radius 3 is 2.87 bits per heavy atom. The highest BCUT2D eigenvalue weighted by atomic mass is 19.1. The van der Waals surface area contributed by atoms with Crippen molar-refractivity contribution in [1.29, 1.82) is 0 Å². The molecule has 1 fully saturated rings. The van der Waals surface area contributed by atoms with Crippen molar-refractivity contribution in [1.82, 2.24) is 20.0 Å². The van der Waals surface area contributed by atoms with Gasteiger partial charge in [-0.2, -0.15) is 0 Å².